The average Bonchev–Trinajstić information content (AvgIpc) is 1.94. The predicted octanol–water partition coefficient (Wildman–Crippen LogP) is -1.32. The summed E-state index contributed by atoms with van der Waals surface area (Å²) in [6.45, 7) is 1.95. The van der Waals surface area contributed by atoms with Crippen molar-refractivity contribution in [2.45, 2.75) is 6.92 Å². The summed E-state index contributed by atoms with van der Waals surface area (Å²) >= 11 is 0. The molecule has 1 aromatic carbocycles. The molecule has 0 saturated carbocycles. The first kappa shape index (κ1) is 11.3. The number of rotatable bonds is 2. The third-order valence-electron chi connectivity index (χ3n) is 1.36. The molecule has 0 fully saturated rings. The van der Waals surface area contributed by atoms with Gasteiger partial charge in [-0.1, -0.05) is 18.2 Å². The van der Waals surface area contributed by atoms with Crippen LogP contribution in [0.15, 0.2) is 24.3 Å². The first-order valence-corrected chi connectivity index (χ1v) is 3.10. The fraction of sp³-hybridized carbons (Fsp3) is 0.125. The standard InChI is InChI=1S/C8H9NO.K.H/c1-7-4-2-3-5-8(7)9-6-10;;/h2-6H,1H3,(H,9,10);;/q;+1;-1. The summed E-state index contributed by atoms with van der Waals surface area (Å²) in [6, 6.07) is 7.64. The Labute approximate surface area is 110 Å². The number of hydrogen-bond donors (Lipinski definition) is 1. The Bertz CT molecular complexity index is 242. The van der Waals surface area contributed by atoms with Crippen molar-refractivity contribution in [2.75, 3.05) is 5.32 Å². The van der Waals surface area contributed by atoms with Gasteiger partial charge in [0.25, 0.3) is 0 Å². The van der Waals surface area contributed by atoms with E-state index in [4.69, 9.17) is 0 Å². The molecule has 0 spiro atoms. The first-order chi connectivity index (χ1) is 4.84. The summed E-state index contributed by atoms with van der Waals surface area (Å²) < 4.78 is 0. The number of hydrogen-bond acceptors (Lipinski definition) is 1. The minimum absolute atomic E-state index is 0. The fourth-order valence-electron chi connectivity index (χ4n) is 0.798. The maximum atomic E-state index is 10.0. The minimum atomic E-state index is 0. The van der Waals surface area contributed by atoms with Gasteiger partial charge in [-0.25, -0.2) is 0 Å². The van der Waals surface area contributed by atoms with Crippen molar-refractivity contribution in [3.8, 4) is 0 Å². The zero-order valence-electron chi connectivity index (χ0n) is 7.79. The molecule has 0 aliphatic carbocycles. The van der Waals surface area contributed by atoms with Crippen LogP contribution in [0.4, 0.5) is 5.69 Å². The maximum absolute atomic E-state index is 10.0. The number of aryl methyl sites for hydroxylation is 1. The smallest absolute Gasteiger partial charge is 1.00 e. The Hall–Kier alpha value is 0.326. The number of para-hydroxylation sites is 1. The van der Waals surface area contributed by atoms with Crippen LogP contribution in [0.25, 0.3) is 0 Å². The van der Waals surface area contributed by atoms with E-state index in [0.717, 1.165) is 11.3 Å². The predicted molar refractivity (Wildman–Crippen MR) is 42.0 cm³/mol. The average molecular weight is 175 g/mol. The van der Waals surface area contributed by atoms with Crippen LogP contribution >= 0.6 is 0 Å². The third kappa shape index (κ3) is 3.49. The van der Waals surface area contributed by atoms with Gasteiger partial charge in [-0.15, -0.1) is 0 Å². The Morgan fingerprint density at radius 2 is 2.09 bits per heavy atom. The van der Waals surface area contributed by atoms with Gasteiger partial charge in [0.2, 0.25) is 6.41 Å². The van der Waals surface area contributed by atoms with E-state index in [0.29, 0.717) is 6.41 Å². The van der Waals surface area contributed by atoms with Crippen LogP contribution in [0.2, 0.25) is 0 Å². The van der Waals surface area contributed by atoms with Gasteiger partial charge in [0, 0.05) is 5.69 Å². The van der Waals surface area contributed by atoms with Gasteiger partial charge in [-0.05, 0) is 18.6 Å². The summed E-state index contributed by atoms with van der Waals surface area (Å²) in [5, 5.41) is 2.60. The van der Waals surface area contributed by atoms with E-state index in [-0.39, 0.29) is 52.8 Å². The second kappa shape index (κ2) is 5.91. The van der Waals surface area contributed by atoms with Crippen molar-refractivity contribution in [3.63, 3.8) is 0 Å². The van der Waals surface area contributed by atoms with Crippen LogP contribution in [-0.2, 0) is 4.79 Å². The van der Waals surface area contributed by atoms with Gasteiger partial charge < -0.3 is 6.74 Å². The summed E-state index contributed by atoms with van der Waals surface area (Å²) in [5.74, 6) is 0. The van der Waals surface area contributed by atoms with Crippen molar-refractivity contribution < 1.29 is 57.6 Å². The van der Waals surface area contributed by atoms with E-state index in [1.165, 1.54) is 0 Å². The molecule has 1 rings (SSSR count). The first-order valence-electron chi connectivity index (χ1n) is 3.10. The third-order valence-corrected chi connectivity index (χ3v) is 1.36. The molecule has 0 saturated heterocycles. The van der Waals surface area contributed by atoms with Gasteiger partial charge in [0.1, 0.15) is 0 Å². The molecule has 0 bridgehead atoms. The molecular formula is C8H10KNO. The molecule has 3 heteroatoms. The van der Waals surface area contributed by atoms with Gasteiger partial charge in [0.15, 0.2) is 0 Å². The zero-order chi connectivity index (χ0) is 7.40. The summed E-state index contributed by atoms with van der Waals surface area (Å²) in [4.78, 5) is 10.0. The number of benzene rings is 1. The second-order valence-electron chi connectivity index (χ2n) is 2.08. The van der Waals surface area contributed by atoms with Crippen LogP contribution in [0.3, 0.4) is 0 Å². The Morgan fingerprint density at radius 3 is 2.64 bits per heavy atom. The molecule has 2 nitrogen and oxygen atoms in total. The minimum Gasteiger partial charge on any atom is -1.00 e. The summed E-state index contributed by atoms with van der Waals surface area (Å²) in [6.07, 6.45) is 0.683. The Kier molecular flexibility index (Phi) is 6.09. The fourth-order valence-corrected chi connectivity index (χ4v) is 0.798. The van der Waals surface area contributed by atoms with Gasteiger partial charge in [-0.3, -0.25) is 4.79 Å². The molecule has 0 aliphatic heterocycles. The Balaban J connectivity index is 0. The van der Waals surface area contributed by atoms with E-state index in [1.54, 1.807) is 0 Å². The van der Waals surface area contributed by atoms with E-state index >= 15 is 0 Å². The molecule has 0 aliphatic rings. The monoisotopic (exact) mass is 175 g/mol. The van der Waals surface area contributed by atoms with E-state index in [2.05, 4.69) is 5.32 Å². The van der Waals surface area contributed by atoms with Crippen molar-refractivity contribution >= 4 is 12.1 Å². The SMILES string of the molecule is Cc1ccccc1NC=O.[H-].[K+]. The molecule has 0 radical (unpaired) electrons. The quantitative estimate of drug-likeness (QED) is 0.438. The van der Waals surface area contributed by atoms with Crippen LogP contribution in [0, 0.1) is 6.92 Å². The van der Waals surface area contributed by atoms with E-state index in [1.807, 2.05) is 31.2 Å². The molecule has 1 aromatic rings. The van der Waals surface area contributed by atoms with Crippen LogP contribution in [-0.4, -0.2) is 6.41 Å². The molecule has 0 heterocycles. The molecule has 11 heavy (non-hydrogen) atoms. The normalized spacial score (nSPS) is 8.09. The van der Waals surface area contributed by atoms with Gasteiger partial charge in [-0.2, -0.15) is 0 Å². The molecule has 0 aromatic heterocycles. The summed E-state index contributed by atoms with van der Waals surface area (Å²) in [7, 11) is 0. The molecule has 1 N–H and O–H groups in total. The van der Waals surface area contributed by atoms with Crippen LogP contribution in [0.1, 0.15) is 6.99 Å². The van der Waals surface area contributed by atoms with Gasteiger partial charge in [0.05, 0.1) is 0 Å². The van der Waals surface area contributed by atoms with Crippen LogP contribution in [0.5, 0.6) is 0 Å². The van der Waals surface area contributed by atoms with Crippen molar-refractivity contribution in [2.24, 2.45) is 0 Å². The molecule has 1 amide bonds. The molecule has 0 atom stereocenters. The van der Waals surface area contributed by atoms with Crippen LogP contribution < -0.4 is 56.7 Å². The topological polar surface area (TPSA) is 29.1 Å². The van der Waals surface area contributed by atoms with Gasteiger partial charge >= 0.3 is 51.4 Å². The van der Waals surface area contributed by atoms with E-state index < -0.39 is 0 Å². The maximum Gasteiger partial charge on any atom is 1.00 e. The summed E-state index contributed by atoms with van der Waals surface area (Å²) in [5.41, 5.74) is 1.95. The second-order valence-corrected chi connectivity index (χ2v) is 2.08. The van der Waals surface area contributed by atoms with Crippen molar-refractivity contribution in [1.29, 1.82) is 0 Å². The largest absolute Gasteiger partial charge is 1.00 e. The number of amides is 1. The van der Waals surface area contributed by atoms with Crippen molar-refractivity contribution in [3.05, 3.63) is 29.8 Å². The molecular weight excluding hydrogens is 165 g/mol. The van der Waals surface area contributed by atoms with E-state index in [9.17, 15) is 4.79 Å². The Morgan fingerprint density at radius 1 is 1.45 bits per heavy atom. The number of anilines is 1. The zero-order valence-corrected chi connectivity index (χ0v) is 9.92. The number of nitrogens with one attached hydrogen (secondary N) is 1. The van der Waals surface area contributed by atoms with Crippen molar-refractivity contribution in [1.82, 2.24) is 0 Å². The molecule has 54 valence electrons. The number of carbonyl (C=O) groups excluding carboxylic acids is 1. The molecule has 0 unspecified atom stereocenters. The number of carbonyl (C=O) groups is 1.